The summed E-state index contributed by atoms with van der Waals surface area (Å²) in [6, 6.07) is 18.2. The fourth-order valence-electron chi connectivity index (χ4n) is 3.36. The lowest BCUT2D eigenvalue weighted by Gasteiger charge is -2.09. The number of fused-ring (bicyclic) bond motifs is 3. The molecule has 0 aromatic heterocycles. The maximum Gasteiger partial charge on any atom is -0.0175 e. The topological polar surface area (TPSA) is 0 Å². The predicted molar refractivity (Wildman–Crippen MR) is 82.7 cm³/mol. The zero-order valence-corrected chi connectivity index (χ0v) is 11.2. The molecule has 3 aromatic carbocycles. The fraction of sp³-hybridized carbons (Fsp3) is 0.263. The van der Waals surface area contributed by atoms with E-state index in [1.165, 1.54) is 53.6 Å². The Morgan fingerprint density at radius 2 is 1.05 bits per heavy atom. The van der Waals surface area contributed by atoms with Gasteiger partial charge in [0.2, 0.25) is 0 Å². The molecule has 0 saturated heterocycles. The van der Waals surface area contributed by atoms with E-state index >= 15 is 0 Å². The molecular formula is C19H18. The van der Waals surface area contributed by atoms with E-state index < -0.39 is 0 Å². The monoisotopic (exact) mass is 246 g/mol. The van der Waals surface area contributed by atoms with E-state index in [0.717, 1.165) is 0 Å². The van der Waals surface area contributed by atoms with Gasteiger partial charge in [0.25, 0.3) is 0 Å². The summed E-state index contributed by atoms with van der Waals surface area (Å²) in [5.74, 6) is 0. The van der Waals surface area contributed by atoms with Crippen LogP contribution in [0.4, 0.5) is 0 Å². The van der Waals surface area contributed by atoms with Gasteiger partial charge in [0.05, 0.1) is 0 Å². The Morgan fingerprint density at radius 1 is 0.526 bits per heavy atom. The molecule has 0 unspecified atom stereocenters. The van der Waals surface area contributed by atoms with Crippen molar-refractivity contribution in [2.75, 3.05) is 0 Å². The van der Waals surface area contributed by atoms with Crippen molar-refractivity contribution in [1.29, 1.82) is 0 Å². The first-order valence-electron chi connectivity index (χ1n) is 7.34. The normalized spacial score (nSPS) is 15.4. The van der Waals surface area contributed by atoms with Crippen LogP contribution >= 0.6 is 0 Å². The summed E-state index contributed by atoms with van der Waals surface area (Å²) in [5.41, 5.74) is 3.17. The van der Waals surface area contributed by atoms with Gasteiger partial charge in [0.1, 0.15) is 0 Å². The van der Waals surface area contributed by atoms with Crippen molar-refractivity contribution < 1.29 is 0 Å². The molecule has 0 atom stereocenters. The van der Waals surface area contributed by atoms with Gasteiger partial charge >= 0.3 is 0 Å². The van der Waals surface area contributed by atoms with Gasteiger partial charge in [-0.1, -0.05) is 42.8 Å². The molecule has 0 radical (unpaired) electrons. The van der Waals surface area contributed by atoms with Gasteiger partial charge in [-0.05, 0) is 70.5 Å². The number of hydrogen-bond acceptors (Lipinski definition) is 0. The average Bonchev–Trinajstić information content (AvgIpc) is 2.67. The van der Waals surface area contributed by atoms with Crippen LogP contribution in [0.3, 0.4) is 0 Å². The van der Waals surface area contributed by atoms with Crippen LogP contribution in [-0.2, 0) is 12.8 Å². The van der Waals surface area contributed by atoms with Gasteiger partial charge in [0.15, 0.2) is 0 Å². The van der Waals surface area contributed by atoms with Crippen molar-refractivity contribution in [3.63, 3.8) is 0 Å². The summed E-state index contributed by atoms with van der Waals surface area (Å²) in [7, 11) is 0. The molecule has 0 heterocycles. The lowest BCUT2D eigenvalue weighted by Crippen LogP contribution is -1.91. The van der Waals surface area contributed by atoms with Crippen molar-refractivity contribution in [3.05, 3.63) is 59.7 Å². The smallest absolute Gasteiger partial charge is 0.0175 e. The Labute approximate surface area is 114 Å². The first-order chi connectivity index (χ1) is 9.40. The number of hydrogen-bond donors (Lipinski definition) is 0. The standard InChI is InChI=1S/C19H18/c1-2-6-14-10-18-12-16-8-4-5-9-17(16)13-19(18)11-15(14)7-3-1/h4-5,8-13H,1-3,6-7H2. The Kier molecular flexibility index (Phi) is 2.55. The Morgan fingerprint density at radius 3 is 1.58 bits per heavy atom. The number of benzene rings is 3. The van der Waals surface area contributed by atoms with Crippen LogP contribution in [0.25, 0.3) is 21.5 Å². The summed E-state index contributed by atoms with van der Waals surface area (Å²) in [5, 5.41) is 5.51. The zero-order chi connectivity index (χ0) is 12.7. The van der Waals surface area contributed by atoms with E-state index in [1.807, 2.05) is 0 Å². The molecule has 1 aliphatic carbocycles. The molecule has 3 aromatic rings. The Bertz CT molecular complexity index is 688. The van der Waals surface area contributed by atoms with Crippen LogP contribution in [0.15, 0.2) is 48.5 Å². The third-order valence-corrected chi connectivity index (χ3v) is 4.42. The quantitative estimate of drug-likeness (QED) is 0.375. The summed E-state index contributed by atoms with van der Waals surface area (Å²) in [6.45, 7) is 0. The van der Waals surface area contributed by atoms with E-state index in [-0.39, 0.29) is 0 Å². The number of aryl methyl sites for hydroxylation is 2. The highest BCUT2D eigenvalue weighted by molar-refractivity contribution is 5.98. The van der Waals surface area contributed by atoms with Crippen LogP contribution in [-0.4, -0.2) is 0 Å². The van der Waals surface area contributed by atoms with Crippen molar-refractivity contribution in [3.8, 4) is 0 Å². The SMILES string of the molecule is c1ccc2cc3cc4c(cc3cc2c1)CCCCC4. The molecule has 1 aliphatic rings. The molecule has 0 amide bonds. The Hall–Kier alpha value is -1.82. The fourth-order valence-corrected chi connectivity index (χ4v) is 3.36. The molecule has 0 fully saturated rings. The van der Waals surface area contributed by atoms with E-state index in [1.54, 1.807) is 11.1 Å². The molecule has 0 heteroatoms. The van der Waals surface area contributed by atoms with Crippen LogP contribution < -0.4 is 0 Å². The van der Waals surface area contributed by atoms with E-state index in [4.69, 9.17) is 0 Å². The average molecular weight is 246 g/mol. The third kappa shape index (κ3) is 1.92. The third-order valence-electron chi connectivity index (χ3n) is 4.42. The Balaban J connectivity index is 2.00. The van der Waals surface area contributed by atoms with Crippen molar-refractivity contribution in [2.45, 2.75) is 32.1 Å². The minimum absolute atomic E-state index is 1.26. The van der Waals surface area contributed by atoms with Gasteiger partial charge in [-0.3, -0.25) is 0 Å². The van der Waals surface area contributed by atoms with Crippen LogP contribution in [0, 0.1) is 0 Å². The second-order valence-electron chi connectivity index (χ2n) is 5.73. The maximum absolute atomic E-state index is 2.43. The van der Waals surface area contributed by atoms with Gasteiger partial charge in [-0.15, -0.1) is 0 Å². The highest BCUT2D eigenvalue weighted by Crippen LogP contribution is 2.29. The van der Waals surface area contributed by atoms with Crippen LogP contribution in [0.2, 0.25) is 0 Å². The molecule has 0 bridgehead atoms. The van der Waals surface area contributed by atoms with Gasteiger partial charge in [-0.2, -0.15) is 0 Å². The van der Waals surface area contributed by atoms with Crippen molar-refractivity contribution in [2.24, 2.45) is 0 Å². The molecule has 0 nitrogen and oxygen atoms in total. The summed E-state index contributed by atoms with van der Waals surface area (Å²) >= 11 is 0. The summed E-state index contributed by atoms with van der Waals surface area (Å²) in [6.07, 6.45) is 6.61. The zero-order valence-electron chi connectivity index (χ0n) is 11.2. The van der Waals surface area contributed by atoms with Gasteiger partial charge in [-0.25, -0.2) is 0 Å². The largest absolute Gasteiger partial charge is 0.0616 e. The van der Waals surface area contributed by atoms with Crippen molar-refractivity contribution >= 4 is 21.5 Å². The van der Waals surface area contributed by atoms with Gasteiger partial charge in [0, 0.05) is 0 Å². The van der Waals surface area contributed by atoms with E-state index in [2.05, 4.69) is 48.5 Å². The lowest BCUT2D eigenvalue weighted by molar-refractivity contribution is 0.712. The first-order valence-corrected chi connectivity index (χ1v) is 7.34. The van der Waals surface area contributed by atoms with Crippen LogP contribution in [0.1, 0.15) is 30.4 Å². The first kappa shape index (κ1) is 11.0. The highest BCUT2D eigenvalue weighted by atomic mass is 14.1. The summed E-state index contributed by atoms with van der Waals surface area (Å²) < 4.78 is 0. The number of rotatable bonds is 0. The molecule has 0 N–H and O–H groups in total. The highest BCUT2D eigenvalue weighted by Gasteiger charge is 2.09. The van der Waals surface area contributed by atoms with Crippen molar-refractivity contribution in [1.82, 2.24) is 0 Å². The lowest BCUT2D eigenvalue weighted by atomic mass is 9.95. The minimum Gasteiger partial charge on any atom is -0.0616 e. The predicted octanol–water partition coefficient (Wildman–Crippen LogP) is 5.26. The van der Waals surface area contributed by atoms with Gasteiger partial charge < -0.3 is 0 Å². The summed E-state index contributed by atoms with van der Waals surface area (Å²) in [4.78, 5) is 0. The minimum atomic E-state index is 1.26. The van der Waals surface area contributed by atoms with E-state index in [9.17, 15) is 0 Å². The molecular weight excluding hydrogens is 228 g/mol. The second-order valence-corrected chi connectivity index (χ2v) is 5.73. The van der Waals surface area contributed by atoms with Crippen LogP contribution in [0.5, 0.6) is 0 Å². The molecule has 0 saturated carbocycles. The molecule has 19 heavy (non-hydrogen) atoms. The molecule has 4 rings (SSSR count). The van der Waals surface area contributed by atoms with E-state index in [0.29, 0.717) is 0 Å². The molecule has 0 spiro atoms. The maximum atomic E-state index is 2.43. The second kappa shape index (κ2) is 4.38. The molecule has 0 aliphatic heterocycles. The molecule has 94 valence electrons.